The molecule has 0 aromatic carbocycles. The molecular weight excluding hydrogens is 248 g/mol. The van der Waals surface area contributed by atoms with Crippen molar-refractivity contribution < 1.29 is 23.7 Å². The molecule has 1 amide bonds. The molecule has 2 saturated heterocycles. The Morgan fingerprint density at radius 2 is 2.18 bits per heavy atom. The highest BCUT2D eigenvalue weighted by Crippen LogP contribution is 2.42. The highest BCUT2D eigenvalue weighted by molar-refractivity contribution is 7.88. The van der Waals surface area contributed by atoms with E-state index in [1.165, 1.54) is 7.11 Å². The second-order valence-electron chi connectivity index (χ2n) is 4.37. The van der Waals surface area contributed by atoms with E-state index in [1.807, 2.05) is 0 Å². The number of amides is 1. The third-order valence-electron chi connectivity index (χ3n) is 3.02. The summed E-state index contributed by atoms with van der Waals surface area (Å²) < 4.78 is 11.1. The van der Waals surface area contributed by atoms with Crippen LogP contribution in [0.25, 0.3) is 0 Å². The average molecular weight is 260 g/mol. The first kappa shape index (κ1) is 12.0. The fourth-order valence-corrected chi connectivity index (χ4v) is 3.98. The largest absolute Gasteiger partial charge is 0.480 e. The van der Waals surface area contributed by atoms with E-state index in [4.69, 9.17) is 5.11 Å². The van der Waals surface area contributed by atoms with Gasteiger partial charge in [0.1, 0.15) is 13.2 Å². The van der Waals surface area contributed by atoms with E-state index in [1.54, 1.807) is 13.8 Å². The lowest BCUT2D eigenvalue weighted by Crippen LogP contribution is -2.64. The average Bonchev–Trinajstić information content (AvgIpc) is 2.42. The molecule has 2 heterocycles. The Hall–Kier alpha value is -1.44. The maximum atomic E-state index is 12.2. The van der Waals surface area contributed by atoms with E-state index in [2.05, 4.69) is 9.99 Å². The summed E-state index contributed by atoms with van der Waals surface area (Å²) in [5.74, 6) is -1.68. The van der Waals surface area contributed by atoms with E-state index in [-0.39, 0.29) is 5.71 Å². The van der Waals surface area contributed by atoms with E-state index in [9.17, 15) is 13.8 Å². The van der Waals surface area contributed by atoms with Crippen LogP contribution in [0.5, 0.6) is 0 Å². The zero-order valence-corrected chi connectivity index (χ0v) is 10.4. The second kappa shape index (κ2) is 3.52. The van der Waals surface area contributed by atoms with Gasteiger partial charge >= 0.3 is 5.97 Å². The lowest BCUT2D eigenvalue weighted by molar-refractivity contribution is -0.150. The summed E-state index contributed by atoms with van der Waals surface area (Å²) in [5.41, 5.74) is 0.0302. The summed E-state index contributed by atoms with van der Waals surface area (Å²) in [6.45, 7) is 3.13. The number of carbonyl (C=O) groups is 2. The van der Waals surface area contributed by atoms with Gasteiger partial charge in [-0.05, 0) is 13.8 Å². The number of β-lactam (4-membered cyclic amide) rings is 1. The molecule has 0 bridgehead atoms. The van der Waals surface area contributed by atoms with Gasteiger partial charge in [0.2, 0.25) is 0 Å². The second-order valence-corrected chi connectivity index (χ2v) is 6.46. The molecule has 2 fully saturated rings. The van der Waals surface area contributed by atoms with Crippen LogP contribution >= 0.6 is 0 Å². The number of carboxylic acids is 1. The summed E-state index contributed by atoms with van der Waals surface area (Å²) in [5, 5.41) is 11.9. The van der Waals surface area contributed by atoms with Crippen LogP contribution in [0, 0.1) is 0 Å². The molecule has 7 nitrogen and oxygen atoms in total. The van der Waals surface area contributed by atoms with Gasteiger partial charge in [0, 0.05) is 0 Å². The van der Waals surface area contributed by atoms with Crippen molar-refractivity contribution in [2.75, 3.05) is 7.11 Å². The van der Waals surface area contributed by atoms with Crippen LogP contribution in [-0.4, -0.2) is 55.1 Å². The van der Waals surface area contributed by atoms with Gasteiger partial charge in [0.15, 0.2) is 11.1 Å². The monoisotopic (exact) mass is 260 g/mol. The molecule has 0 spiro atoms. The normalized spacial score (nSPS) is 36.6. The van der Waals surface area contributed by atoms with Crippen LogP contribution in [0.3, 0.4) is 0 Å². The first-order valence-electron chi connectivity index (χ1n) is 4.91. The number of oxime groups is 1. The number of hydrogen-bond donors (Lipinski definition) is 1. The van der Waals surface area contributed by atoms with Gasteiger partial charge in [-0.1, -0.05) is 5.16 Å². The summed E-state index contributed by atoms with van der Waals surface area (Å²) >= 11 is 0. The number of rotatable bonds is 2. The molecule has 2 rings (SSSR count). The van der Waals surface area contributed by atoms with Gasteiger partial charge in [-0.3, -0.25) is 9.00 Å². The third kappa shape index (κ3) is 1.33. The lowest BCUT2D eigenvalue weighted by atomic mass is 9.98. The van der Waals surface area contributed by atoms with E-state index >= 15 is 0 Å². The van der Waals surface area contributed by atoms with E-state index in [0.29, 0.717) is 0 Å². The fourth-order valence-electron chi connectivity index (χ4n) is 2.20. The molecule has 1 unspecified atom stereocenters. The Bertz CT molecular complexity index is 458. The minimum absolute atomic E-state index is 0.0302. The first-order chi connectivity index (χ1) is 7.84. The maximum Gasteiger partial charge on any atom is 0.328 e. The van der Waals surface area contributed by atoms with Crippen molar-refractivity contribution >= 4 is 28.4 Å². The number of carbonyl (C=O) groups excluding carboxylic acids is 1. The molecule has 2 aliphatic rings. The first-order valence-corrected chi connectivity index (χ1v) is 6.12. The highest BCUT2D eigenvalue weighted by atomic mass is 32.2. The summed E-state index contributed by atoms with van der Waals surface area (Å²) in [6.07, 6.45) is 0. The number of carboxylic acid groups (broad SMARTS) is 1. The van der Waals surface area contributed by atoms with Crippen LogP contribution in [0.4, 0.5) is 0 Å². The molecule has 0 radical (unpaired) electrons. The van der Waals surface area contributed by atoms with Crippen molar-refractivity contribution in [2.24, 2.45) is 5.16 Å². The van der Waals surface area contributed by atoms with Gasteiger partial charge in [0.05, 0.1) is 15.5 Å². The third-order valence-corrected chi connectivity index (χ3v) is 5.14. The van der Waals surface area contributed by atoms with Crippen molar-refractivity contribution in [1.82, 2.24) is 4.90 Å². The van der Waals surface area contributed by atoms with Gasteiger partial charge in [-0.2, -0.15) is 0 Å². The van der Waals surface area contributed by atoms with Crippen molar-refractivity contribution in [3.63, 3.8) is 0 Å². The van der Waals surface area contributed by atoms with Gasteiger partial charge in [0.25, 0.3) is 5.91 Å². The molecule has 8 heteroatoms. The highest BCUT2D eigenvalue weighted by Gasteiger charge is 2.67. The predicted octanol–water partition coefficient (Wildman–Crippen LogP) is -0.849. The van der Waals surface area contributed by atoms with Gasteiger partial charge < -0.3 is 14.8 Å². The zero-order chi connectivity index (χ0) is 13.0. The number of fused-ring (bicyclic) bond motifs is 1. The van der Waals surface area contributed by atoms with Crippen molar-refractivity contribution in [2.45, 2.75) is 30.0 Å². The van der Waals surface area contributed by atoms with Gasteiger partial charge in [-0.25, -0.2) is 4.79 Å². The van der Waals surface area contributed by atoms with Crippen LogP contribution in [-0.2, 0) is 25.2 Å². The molecule has 3 atom stereocenters. The Labute approximate surface area is 99.9 Å². The van der Waals surface area contributed by atoms with Crippen LogP contribution < -0.4 is 0 Å². The standard InChI is InChI=1S/C9H12N2O5S/c1-9(2)5(8(13)14)11-6(12)4(10-16-3)7(11)17(9)15/h5,7H,1-3H3,(H,13,14)/b10-4+/t5-,7+,17?/m0/s1. The predicted molar refractivity (Wildman–Crippen MR) is 58.7 cm³/mol. The summed E-state index contributed by atoms with van der Waals surface area (Å²) in [7, 11) is -0.232. The fraction of sp³-hybridized carbons (Fsp3) is 0.667. The number of aliphatic carboxylic acids is 1. The molecule has 0 aliphatic carbocycles. The Kier molecular flexibility index (Phi) is 2.49. The van der Waals surface area contributed by atoms with E-state index < -0.39 is 38.8 Å². The van der Waals surface area contributed by atoms with E-state index in [0.717, 1.165) is 4.90 Å². The number of nitrogens with zero attached hydrogens (tertiary/aromatic N) is 2. The Balaban J connectivity index is 2.45. The molecule has 17 heavy (non-hydrogen) atoms. The van der Waals surface area contributed by atoms with Crippen LogP contribution in [0.2, 0.25) is 0 Å². The van der Waals surface area contributed by atoms with Crippen molar-refractivity contribution in [3.05, 3.63) is 0 Å². The summed E-state index contributed by atoms with van der Waals surface area (Å²) in [4.78, 5) is 28.5. The summed E-state index contributed by atoms with van der Waals surface area (Å²) in [6, 6.07) is -1.09. The smallest absolute Gasteiger partial charge is 0.328 e. The maximum absolute atomic E-state index is 12.2. The molecule has 2 aliphatic heterocycles. The van der Waals surface area contributed by atoms with Crippen LogP contribution in [0.15, 0.2) is 5.16 Å². The van der Waals surface area contributed by atoms with Crippen molar-refractivity contribution in [1.29, 1.82) is 0 Å². The minimum atomic E-state index is -1.51. The Morgan fingerprint density at radius 3 is 2.65 bits per heavy atom. The molecule has 0 saturated carbocycles. The van der Waals surface area contributed by atoms with Gasteiger partial charge in [-0.15, -0.1) is 0 Å². The number of hydrogen-bond acceptors (Lipinski definition) is 5. The van der Waals surface area contributed by atoms with Crippen molar-refractivity contribution in [3.8, 4) is 0 Å². The topological polar surface area (TPSA) is 96.3 Å². The van der Waals surface area contributed by atoms with Crippen LogP contribution in [0.1, 0.15) is 13.8 Å². The quantitative estimate of drug-likeness (QED) is 0.515. The molecule has 94 valence electrons. The Morgan fingerprint density at radius 1 is 1.59 bits per heavy atom. The molecular formula is C9H12N2O5S. The molecule has 0 aromatic heterocycles. The SMILES string of the molecule is CO/N=C1\C(=O)N2[C@@H]1S(=O)C(C)(C)[C@@H]2C(=O)O. The lowest BCUT2D eigenvalue weighted by Gasteiger charge is -2.36. The molecule has 1 N–H and O–H groups in total. The zero-order valence-electron chi connectivity index (χ0n) is 9.54. The minimum Gasteiger partial charge on any atom is -0.480 e. The molecule has 0 aromatic rings.